The number of benzene rings is 1. The van der Waals surface area contributed by atoms with E-state index in [1.807, 2.05) is 19.9 Å². The van der Waals surface area contributed by atoms with Gasteiger partial charge < -0.3 is 10.5 Å². The van der Waals surface area contributed by atoms with E-state index in [2.05, 4.69) is 10.5 Å². The first kappa shape index (κ1) is 12.2. The number of oxime groups is 1. The Balaban J connectivity index is 2.87. The molecule has 0 radical (unpaired) electrons. The Morgan fingerprint density at radius 1 is 1.44 bits per heavy atom. The fourth-order valence-electron chi connectivity index (χ4n) is 1.17. The van der Waals surface area contributed by atoms with Crippen LogP contribution in [0.3, 0.4) is 0 Å². The van der Waals surface area contributed by atoms with Gasteiger partial charge in [0, 0.05) is 17.2 Å². The van der Waals surface area contributed by atoms with Crippen molar-refractivity contribution in [2.24, 2.45) is 11.1 Å². The average Bonchev–Trinajstić information content (AvgIpc) is 2.28. The predicted molar refractivity (Wildman–Crippen MR) is 63.9 cm³/mol. The second kappa shape index (κ2) is 5.30. The minimum Gasteiger partial charge on any atom is -0.411 e. The van der Waals surface area contributed by atoms with Gasteiger partial charge in [0.15, 0.2) is 0 Å². The third kappa shape index (κ3) is 3.08. The smallest absolute Gasteiger partial charge is 0.226 e. The van der Waals surface area contributed by atoms with Crippen molar-refractivity contribution in [3.63, 3.8) is 0 Å². The number of hydrogen-bond acceptors (Lipinski definition) is 3. The van der Waals surface area contributed by atoms with E-state index < -0.39 is 0 Å². The molecule has 86 valence electrons. The number of hydrogen-bond donors (Lipinski definition) is 2. The van der Waals surface area contributed by atoms with Gasteiger partial charge in [-0.25, -0.2) is 0 Å². The third-order valence-corrected chi connectivity index (χ3v) is 2.22. The molecule has 0 bridgehead atoms. The van der Waals surface area contributed by atoms with Crippen molar-refractivity contribution >= 4 is 17.3 Å². The maximum Gasteiger partial charge on any atom is 0.226 e. The third-order valence-electron chi connectivity index (χ3n) is 2.22. The van der Waals surface area contributed by atoms with Gasteiger partial charge in [-0.3, -0.25) is 4.79 Å². The zero-order chi connectivity index (χ0) is 12.1. The van der Waals surface area contributed by atoms with E-state index in [0.717, 1.165) is 5.56 Å². The van der Waals surface area contributed by atoms with E-state index in [0.29, 0.717) is 11.4 Å². The summed E-state index contributed by atoms with van der Waals surface area (Å²) in [6, 6.07) is 7.20. The molecule has 0 aliphatic heterocycles. The lowest BCUT2D eigenvalue weighted by Gasteiger charge is -2.08. The molecule has 2 N–H and O–H groups in total. The number of rotatable bonds is 3. The highest BCUT2D eigenvalue weighted by Gasteiger charge is 2.07. The number of carbonyl (C=O) groups is 1. The predicted octanol–water partition coefficient (Wildman–Crippen LogP) is 2.48. The van der Waals surface area contributed by atoms with Crippen LogP contribution in [0.4, 0.5) is 5.69 Å². The molecule has 0 saturated heterocycles. The van der Waals surface area contributed by atoms with Gasteiger partial charge in [-0.15, -0.1) is 0 Å². The molecule has 0 saturated carbocycles. The highest BCUT2D eigenvalue weighted by Crippen LogP contribution is 2.12. The van der Waals surface area contributed by atoms with Gasteiger partial charge in [-0.1, -0.05) is 31.1 Å². The first-order valence-electron chi connectivity index (χ1n) is 5.14. The first-order valence-corrected chi connectivity index (χ1v) is 5.14. The molecule has 16 heavy (non-hydrogen) atoms. The van der Waals surface area contributed by atoms with E-state index in [9.17, 15) is 4.79 Å². The second-order valence-corrected chi connectivity index (χ2v) is 3.91. The normalized spacial score (nSPS) is 11.6. The summed E-state index contributed by atoms with van der Waals surface area (Å²) in [7, 11) is 0. The van der Waals surface area contributed by atoms with Crippen molar-refractivity contribution < 1.29 is 10.0 Å². The van der Waals surface area contributed by atoms with Crippen LogP contribution in [0.2, 0.25) is 0 Å². The molecule has 0 spiro atoms. The summed E-state index contributed by atoms with van der Waals surface area (Å²) in [5.74, 6) is -0.0907. The Morgan fingerprint density at radius 2 is 2.12 bits per heavy atom. The molecule has 0 aromatic heterocycles. The fraction of sp³-hybridized carbons (Fsp3) is 0.333. The molecule has 1 amide bonds. The number of nitrogens with zero attached hydrogens (tertiary/aromatic N) is 1. The molecule has 1 aromatic carbocycles. The highest BCUT2D eigenvalue weighted by atomic mass is 16.4. The van der Waals surface area contributed by atoms with Crippen LogP contribution >= 0.6 is 0 Å². The molecular formula is C12H16N2O2. The van der Waals surface area contributed by atoms with Gasteiger partial charge in [-0.2, -0.15) is 0 Å². The van der Waals surface area contributed by atoms with E-state index in [4.69, 9.17) is 5.21 Å². The lowest BCUT2D eigenvalue weighted by Crippen LogP contribution is -2.17. The van der Waals surface area contributed by atoms with E-state index in [1.165, 1.54) is 0 Å². The van der Waals surface area contributed by atoms with Crippen molar-refractivity contribution in [3.8, 4) is 0 Å². The van der Waals surface area contributed by atoms with Gasteiger partial charge in [0.05, 0.1) is 5.71 Å². The molecular weight excluding hydrogens is 204 g/mol. The minimum absolute atomic E-state index is 0.0317. The van der Waals surface area contributed by atoms with E-state index >= 15 is 0 Å². The lowest BCUT2D eigenvalue weighted by molar-refractivity contribution is -0.118. The van der Waals surface area contributed by atoms with Crippen molar-refractivity contribution in [2.45, 2.75) is 20.8 Å². The second-order valence-electron chi connectivity index (χ2n) is 3.91. The quantitative estimate of drug-likeness (QED) is 0.467. The molecule has 0 fully saturated rings. The molecule has 0 unspecified atom stereocenters. The Labute approximate surface area is 95.0 Å². The van der Waals surface area contributed by atoms with Gasteiger partial charge in [0.25, 0.3) is 0 Å². The van der Waals surface area contributed by atoms with Gasteiger partial charge >= 0.3 is 0 Å². The molecule has 0 aliphatic rings. The summed E-state index contributed by atoms with van der Waals surface area (Å²) >= 11 is 0. The van der Waals surface area contributed by atoms with Gasteiger partial charge in [0.2, 0.25) is 5.91 Å². The summed E-state index contributed by atoms with van der Waals surface area (Å²) in [6.07, 6.45) is 0. The van der Waals surface area contributed by atoms with Crippen molar-refractivity contribution in [2.75, 3.05) is 5.32 Å². The topological polar surface area (TPSA) is 61.7 Å². The fourth-order valence-corrected chi connectivity index (χ4v) is 1.17. The van der Waals surface area contributed by atoms with Crippen LogP contribution in [-0.4, -0.2) is 16.8 Å². The van der Waals surface area contributed by atoms with Gasteiger partial charge in [0.1, 0.15) is 0 Å². The van der Waals surface area contributed by atoms with Crippen LogP contribution in [-0.2, 0) is 4.79 Å². The van der Waals surface area contributed by atoms with Crippen LogP contribution in [0.5, 0.6) is 0 Å². The zero-order valence-corrected chi connectivity index (χ0v) is 9.69. The summed E-state index contributed by atoms with van der Waals surface area (Å²) in [4.78, 5) is 11.5. The Bertz CT molecular complexity index is 411. The zero-order valence-electron chi connectivity index (χ0n) is 9.69. The van der Waals surface area contributed by atoms with Crippen molar-refractivity contribution in [3.05, 3.63) is 29.8 Å². The summed E-state index contributed by atoms with van der Waals surface area (Å²) < 4.78 is 0. The van der Waals surface area contributed by atoms with Gasteiger partial charge in [-0.05, 0) is 19.1 Å². The Morgan fingerprint density at radius 3 is 2.69 bits per heavy atom. The van der Waals surface area contributed by atoms with Crippen molar-refractivity contribution in [1.29, 1.82) is 0 Å². The maximum atomic E-state index is 11.5. The number of carbonyl (C=O) groups excluding carboxylic acids is 1. The Hall–Kier alpha value is -1.84. The standard InChI is InChI=1S/C12H16N2O2/c1-8(2)12(15)13-11-6-4-5-10(7-11)9(3)14-16/h4-8,16H,1-3H3,(H,13,15)/b14-9+. The monoisotopic (exact) mass is 220 g/mol. The number of amides is 1. The molecule has 1 aromatic rings. The number of nitrogens with one attached hydrogen (secondary N) is 1. The first-order chi connectivity index (χ1) is 7.54. The molecule has 0 aliphatic carbocycles. The number of anilines is 1. The SMILES string of the molecule is C/C(=N\O)c1cccc(NC(=O)C(C)C)c1. The maximum absolute atomic E-state index is 11.5. The average molecular weight is 220 g/mol. The van der Waals surface area contributed by atoms with E-state index in [1.54, 1.807) is 25.1 Å². The van der Waals surface area contributed by atoms with Crippen LogP contribution in [0.1, 0.15) is 26.3 Å². The Kier molecular flexibility index (Phi) is 4.05. The van der Waals surface area contributed by atoms with Crippen molar-refractivity contribution in [1.82, 2.24) is 0 Å². The molecule has 4 nitrogen and oxygen atoms in total. The lowest BCUT2D eigenvalue weighted by atomic mass is 10.1. The largest absolute Gasteiger partial charge is 0.411 e. The van der Waals surface area contributed by atoms with Crippen LogP contribution < -0.4 is 5.32 Å². The highest BCUT2D eigenvalue weighted by molar-refractivity contribution is 6.00. The molecule has 0 atom stereocenters. The summed E-state index contributed by atoms with van der Waals surface area (Å²) in [5, 5.41) is 14.6. The van der Waals surface area contributed by atoms with Crippen LogP contribution in [0.15, 0.2) is 29.4 Å². The van der Waals surface area contributed by atoms with Crippen LogP contribution in [0.25, 0.3) is 0 Å². The molecule has 4 heteroatoms. The molecule has 0 heterocycles. The minimum atomic E-state index is -0.0590. The van der Waals surface area contributed by atoms with E-state index in [-0.39, 0.29) is 11.8 Å². The summed E-state index contributed by atoms with van der Waals surface area (Å²) in [6.45, 7) is 5.36. The van der Waals surface area contributed by atoms with Crippen LogP contribution in [0, 0.1) is 5.92 Å². The molecule has 1 rings (SSSR count). The summed E-state index contributed by atoms with van der Waals surface area (Å²) in [5.41, 5.74) is 2.00.